The molecule has 0 bridgehead atoms. The van der Waals surface area contributed by atoms with Crippen LogP contribution in [0.15, 0.2) is 48.1 Å². The summed E-state index contributed by atoms with van der Waals surface area (Å²) in [5, 5.41) is 13.2. The summed E-state index contributed by atoms with van der Waals surface area (Å²) in [6.07, 6.45) is 5.47. The average molecular weight is 491 g/mol. The van der Waals surface area contributed by atoms with Gasteiger partial charge in [0.1, 0.15) is 5.60 Å². The molecule has 8 heteroatoms. The molecule has 1 aliphatic carbocycles. The number of benzene rings is 2. The Kier molecular flexibility index (Phi) is 5.23. The number of hydrogen-bond acceptors (Lipinski definition) is 5. The van der Waals surface area contributed by atoms with Crippen molar-refractivity contribution in [1.82, 2.24) is 14.5 Å². The van der Waals surface area contributed by atoms with E-state index in [4.69, 9.17) is 16.3 Å². The maximum absolute atomic E-state index is 12.9. The lowest BCUT2D eigenvalue weighted by molar-refractivity contribution is 0.00415. The molecule has 2 aromatic heterocycles. The number of halogens is 1. The standard InChI is InChI=1S/C26H23ClN4O2S/c27-20-4-6-24-21(9-20)19(14-34-24)13-30-15-26(33-25(30)32)7-1-2-18(10-26)12-31-16-29-22-5-3-17(11-28)8-23(22)31/h3-6,8-9,14,16,18H,1-2,7,10,12-13,15H2/t18-,26?/m0/s1. The van der Waals surface area contributed by atoms with Crippen molar-refractivity contribution in [3.8, 4) is 6.07 Å². The third kappa shape index (κ3) is 3.81. The number of carbonyl (C=O) groups excluding carboxylic acids is 1. The number of fused-ring (bicyclic) bond motifs is 2. The lowest BCUT2D eigenvalue weighted by Crippen LogP contribution is -2.40. The first-order chi connectivity index (χ1) is 16.5. The van der Waals surface area contributed by atoms with Gasteiger partial charge in [-0.25, -0.2) is 9.78 Å². The number of nitriles is 1. The molecule has 1 saturated carbocycles. The van der Waals surface area contributed by atoms with Crippen molar-refractivity contribution < 1.29 is 9.53 Å². The number of aromatic nitrogens is 2. The summed E-state index contributed by atoms with van der Waals surface area (Å²) in [5.74, 6) is 0.380. The van der Waals surface area contributed by atoms with Crippen LogP contribution < -0.4 is 0 Å². The van der Waals surface area contributed by atoms with E-state index in [0.29, 0.717) is 29.6 Å². The maximum atomic E-state index is 12.9. The molecule has 1 unspecified atom stereocenters. The third-order valence-corrected chi connectivity index (χ3v) is 8.38. The van der Waals surface area contributed by atoms with Crippen LogP contribution in [-0.2, 0) is 17.8 Å². The van der Waals surface area contributed by atoms with Crippen LogP contribution in [0.25, 0.3) is 21.1 Å². The zero-order valence-corrected chi connectivity index (χ0v) is 20.1. The van der Waals surface area contributed by atoms with Gasteiger partial charge in [-0.05, 0) is 84.3 Å². The summed E-state index contributed by atoms with van der Waals surface area (Å²) in [6.45, 7) is 1.95. The number of carbonyl (C=O) groups is 1. The fourth-order valence-corrected chi connectivity index (χ4v) is 6.69. The van der Waals surface area contributed by atoms with Crippen LogP contribution in [0.1, 0.15) is 36.8 Å². The first-order valence-electron chi connectivity index (χ1n) is 11.5. The molecule has 6 nitrogen and oxygen atoms in total. The van der Waals surface area contributed by atoms with Gasteiger partial charge >= 0.3 is 6.09 Å². The largest absolute Gasteiger partial charge is 0.441 e. The zero-order chi connectivity index (χ0) is 23.3. The predicted molar refractivity (Wildman–Crippen MR) is 133 cm³/mol. The normalized spacial score (nSPS) is 22.5. The number of rotatable bonds is 4. The number of ether oxygens (including phenoxy) is 1. The van der Waals surface area contributed by atoms with Crippen molar-refractivity contribution in [2.75, 3.05) is 6.54 Å². The molecule has 1 saturated heterocycles. The highest BCUT2D eigenvalue weighted by Crippen LogP contribution is 2.41. The molecule has 172 valence electrons. The molecule has 3 heterocycles. The number of nitrogens with zero attached hydrogens (tertiary/aromatic N) is 4. The van der Waals surface area contributed by atoms with E-state index in [0.717, 1.165) is 54.2 Å². The van der Waals surface area contributed by atoms with E-state index in [1.807, 2.05) is 41.6 Å². The lowest BCUT2D eigenvalue weighted by atomic mass is 9.78. The van der Waals surface area contributed by atoms with Crippen molar-refractivity contribution in [2.24, 2.45) is 5.92 Å². The Hall–Kier alpha value is -3.08. The molecule has 1 amide bonds. The summed E-state index contributed by atoms with van der Waals surface area (Å²) in [5.41, 5.74) is 3.19. The second kappa shape index (κ2) is 8.30. The molecule has 4 aromatic rings. The van der Waals surface area contributed by atoms with E-state index in [-0.39, 0.29) is 6.09 Å². The smallest absolute Gasteiger partial charge is 0.410 e. The number of hydrogen-bond donors (Lipinski definition) is 0. The fraction of sp³-hybridized carbons (Fsp3) is 0.346. The second-order valence-corrected chi connectivity index (χ2v) is 10.8. The van der Waals surface area contributed by atoms with Gasteiger partial charge in [0.25, 0.3) is 0 Å². The molecule has 34 heavy (non-hydrogen) atoms. The lowest BCUT2D eigenvalue weighted by Gasteiger charge is -2.36. The van der Waals surface area contributed by atoms with E-state index in [1.54, 1.807) is 17.4 Å². The van der Waals surface area contributed by atoms with E-state index >= 15 is 0 Å². The maximum Gasteiger partial charge on any atom is 0.410 e. The van der Waals surface area contributed by atoms with Crippen molar-refractivity contribution in [3.63, 3.8) is 0 Å². The van der Waals surface area contributed by atoms with Crippen molar-refractivity contribution in [3.05, 3.63) is 64.3 Å². The first kappa shape index (κ1) is 21.5. The number of amides is 1. The molecule has 2 aliphatic rings. The molecule has 6 rings (SSSR count). The molecule has 0 N–H and O–H groups in total. The van der Waals surface area contributed by atoms with Gasteiger partial charge in [0, 0.05) is 16.3 Å². The van der Waals surface area contributed by atoms with Gasteiger partial charge in [-0.15, -0.1) is 11.3 Å². The molecule has 1 spiro atoms. The number of imidazole rings is 1. The average Bonchev–Trinajstić information content (AvgIpc) is 3.50. The second-order valence-electron chi connectivity index (χ2n) is 9.48. The van der Waals surface area contributed by atoms with Gasteiger partial charge < -0.3 is 9.30 Å². The van der Waals surface area contributed by atoms with Crippen LogP contribution >= 0.6 is 22.9 Å². The van der Waals surface area contributed by atoms with Crippen LogP contribution in [0.5, 0.6) is 0 Å². The van der Waals surface area contributed by atoms with E-state index < -0.39 is 5.60 Å². The topological polar surface area (TPSA) is 71.2 Å². The molecule has 2 atom stereocenters. The summed E-state index contributed by atoms with van der Waals surface area (Å²) in [6, 6.07) is 13.7. The molecular weight excluding hydrogens is 468 g/mol. The third-order valence-electron chi connectivity index (χ3n) is 7.13. The Morgan fingerprint density at radius 3 is 3.09 bits per heavy atom. The molecule has 2 aromatic carbocycles. The quantitative estimate of drug-likeness (QED) is 0.334. The summed E-state index contributed by atoms with van der Waals surface area (Å²) < 4.78 is 9.36. The Balaban J connectivity index is 1.19. The van der Waals surface area contributed by atoms with Crippen LogP contribution in [0.3, 0.4) is 0 Å². The highest BCUT2D eigenvalue weighted by atomic mass is 35.5. The van der Waals surface area contributed by atoms with Crippen molar-refractivity contribution >= 4 is 50.2 Å². The van der Waals surface area contributed by atoms with Crippen LogP contribution in [0, 0.1) is 17.2 Å². The minimum absolute atomic E-state index is 0.228. The minimum Gasteiger partial charge on any atom is -0.441 e. The van der Waals surface area contributed by atoms with Gasteiger partial charge in [-0.3, -0.25) is 4.90 Å². The van der Waals surface area contributed by atoms with Gasteiger partial charge in [-0.1, -0.05) is 11.6 Å². The SMILES string of the molecule is N#Cc1ccc2ncn(C[C@H]3CCCC4(C3)CN(Cc3csc5ccc(Cl)cc35)C(=O)O4)c2c1. The summed E-state index contributed by atoms with van der Waals surface area (Å²) in [7, 11) is 0. The van der Waals surface area contributed by atoms with Gasteiger partial charge in [0.15, 0.2) is 0 Å². The Labute approximate surface area is 206 Å². The fourth-order valence-electron chi connectivity index (χ4n) is 5.58. The highest BCUT2D eigenvalue weighted by Gasteiger charge is 2.48. The van der Waals surface area contributed by atoms with E-state index in [2.05, 4.69) is 21.0 Å². The highest BCUT2D eigenvalue weighted by molar-refractivity contribution is 7.17. The molecular formula is C26H23ClN4O2S. The Morgan fingerprint density at radius 1 is 1.29 bits per heavy atom. The number of thiophene rings is 1. The molecule has 1 aliphatic heterocycles. The predicted octanol–water partition coefficient (Wildman–Crippen LogP) is 6.36. The van der Waals surface area contributed by atoms with E-state index in [9.17, 15) is 10.1 Å². The van der Waals surface area contributed by atoms with Crippen molar-refractivity contribution in [1.29, 1.82) is 5.26 Å². The van der Waals surface area contributed by atoms with Crippen molar-refractivity contribution in [2.45, 2.75) is 44.4 Å². The molecule has 0 radical (unpaired) electrons. The van der Waals surface area contributed by atoms with Crippen LogP contribution in [0.4, 0.5) is 4.79 Å². The van der Waals surface area contributed by atoms with E-state index in [1.165, 1.54) is 4.70 Å². The van der Waals surface area contributed by atoms with Crippen LogP contribution in [-0.4, -0.2) is 32.7 Å². The zero-order valence-electron chi connectivity index (χ0n) is 18.5. The van der Waals surface area contributed by atoms with Crippen LogP contribution in [0.2, 0.25) is 5.02 Å². The van der Waals surface area contributed by atoms with Gasteiger partial charge in [0.05, 0.1) is 42.1 Å². The first-order valence-corrected chi connectivity index (χ1v) is 12.8. The van der Waals surface area contributed by atoms with Gasteiger partial charge in [-0.2, -0.15) is 5.26 Å². The minimum atomic E-state index is -0.433. The molecule has 2 fully saturated rings. The monoisotopic (exact) mass is 490 g/mol. The van der Waals surface area contributed by atoms with Gasteiger partial charge in [0.2, 0.25) is 0 Å². The summed E-state index contributed by atoms with van der Waals surface area (Å²) >= 11 is 7.89. The Morgan fingerprint density at radius 2 is 2.21 bits per heavy atom. The Bertz CT molecular complexity index is 1450. The summed E-state index contributed by atoms with van der Waals surface area (Å²) in [4.78, 5) is 19.2.